The zero-order chi connectivity index (χ0) is 21.8. The van der Waals surface area contributed by atoms with E-state index in [0.717, 1.165) is 29.4 Å². The fourth-order valence-corrected chi connectivity index (χ4v) is 4.34. The molecule has 0 unspecified atom stereocenters. The van der Waals surface area contributed by atoms with E-state index >= 15 is 0 Å². The first-order valence-corrected chi connectivity index (χ1v) is 10.7. The van der Waals surface area contributed by atoms with Gasteiger partial charge in [0.05, 0.1) is 15.6 Å². The van der Waals surface area contributed by atoms with Crippen LogP contribution < -0.4 is 15.5 Å². The number of hydrogen-bond donors (Lipinski definition) is 2. The third kappa shape index (κ3) is 5.34. The first kappa shape index (κ1) is 22.2. The summed E-state index contributed by atoms with van der Waals surface area (Å²) < 4.78 is 0. The number of thioether (sulfide) groups is 1. The third-order valence-electron chi connectivity index (χ3n) is 4.88. The topological polar surface area (TPSA) is 98.8 Å². The van der Waals surface area contributed by atoms with Crippen LogP contribution in [0.15, 0.2) is 23.1 Å². The quantitative estimate of drug-likeness (QED) is 0.645. The largest absolute Gasteiger partial charge is 0.368 e. The first-order chi connectivity index (χ1) is 14.2. The van der Waals surface area contributed by atoms with Crippen LogP contribution in [0.2, 0.25) is 5.02 Å². The summed E-state index contributed by atoms with van der Waals surface area (Å²) in [5.74, 6) is -0.662. The lowest BCUT2D eigenvalue weighted by Crippen LogP contribution is -2.37. The van der Waals surface area contributed by atoms with E-state index in [4.69, 9.17) is 11.6 Å². The van der Waals surface area contributed by atoms with Crippen molar-refractivity contribution in [1.29, 1.82) is 0 Å². The van der Waals surface area contributed by atoms with Crippen LogP contribution in [0.25, 0.3) is 6.08 Å². The molecular formula is C20H23ClN4O4S. The van der Waals surface area contributed by atoms with Gasteiger partial charge in [0.25, 0.3) is 11.1 Å². The summed E-state index contributed by atoms with van der Waals surface area (Å²) in [4.78, 5) is 51.0. The standard InChI is InChI=1S/C20H23ClN4O4S/c1-24(2)17(27)7-6-16(26)22-13-8-9-25(11-13)18-12(4-3-5-14(18)21)10-15-19(28)23-20(29)30-15/h3-5,10,13H,6-9,11H2,1-2H3,(H,22,26)(H,23,28,29)/t13-/m0/s1. The fraction of sp³-hybridized carbons (Fsp3) is 0.400. The van der Waals surface area contributed by atoms with Gasteiger partial charge in [0.2, 0.25) is 11.8 Å². The highest BCUT2D eigenvalue weighted by Crippen LogP contribution is 2.36. The maximum Gasteiger partial charge on any atom is 0.290 e. The molecular weight excluding hydrogens is 428 g/mol. The molecule has 160 valence electrons. The molecule has 1 aromatic rings. The lowest BCUT2D eigenvalue weighted by molar-refractivity contribution is -0.131. The van der Waals surface area contributed by atoms with Gasteiger partial charge in [-0.15, -0.1) is 0 Å². The van der Waals surface area contributed by atoms with Crippen molar-refractivity contribution < 1.29 is 19.2 Å². The molecule has 3 rings (SSSR count). The van der Waals surface area contributed by atoms with E-state index in [1.54, 1.807) is 32.3 Å². The molecule has 0 saturated carbocycles. The number of imide groups is 1. The molecule has 4 amide bonds. The monoisotopic (exact) mass is 450 g/mol. The average molecular weight is 451 g/mol. The Balaban J connectivity index is 1.67. The molecule has 2 fully saturated rings. The summed E-state index contributed by atoms with van der Waals surface area (Å²) >= 11 is 7.31. The van der Waals surface area contributed by atoms with Gasteiger partial charge in [0, 0.05) is 51.6 Å². The van der Waals surface area contributed by atoms with Gasteiger partial charge in [-0.1, -0.05) is 23.7 Å². The smallest absolute Gasteiger partial charge is 0.290 e. The molecule has 30 heavy (non-hydrogen) atoms. The summed E-state index contributed by atoms with van der Waals surface area (Å²) in [6, 6.07) is 5.33. The Hall–Kier alpha value is -2.52. The minimum absolute atomic E-state index is 0.0607. The van der Waals surface area contributed by atoms with Crippen molar-refractivity contribution in [2.24, 2.45) is 0 Å². The number of nitrogens with zero attached hydrogens (tertiary/aromatic N) is 2. The Bertz CT molecular complexity index is 918. The minimum Gasteiger partial charge on any atom is -0.368 e. The van der Waals surface area contributed by atoms with Crippen molar-refractivity contribution in [3.63, 3.8) is 0 Å². The van der Waals surface area contributed by atoms with Crippen LogP contribution in [0.4, 0.5) is 10.5 Å². The molecule has 0 aromatic heterocycles. The van der Waals surface area contributed by atoms with Crippen LogP contribution in [0.3, 0.4) is 0 Å². The second-order valence-corrected chi connectivity index (χ2v) is 8.74. The zero-order valence-corrected chi connectivity index (χ0v) is 18.3. The van der Waals surface area contributed by atoms with Gasteiger partial charge < -0.3 is 15.1 Å². The normalized spacial score (nSPS) is 19.9. The van der Waals surface area contributed by atoms with Crippen molar-refractivity contribution in [2.45, 2.75) is 25.3 Å². The number of nitrogens with one attached hydrogen (secondary N) is 2. The highest BCUT2D eigenvalue weighted by Gasteiger charge is 2.29. The van der Waals surface area contributed by atoms with E-state index in [-0.39, 0.29) is 30.7 Å². The molecule has 2 heterocycles. The van der Waals surface area contributed by atoms with E-state index < -0.39 is 11.1 Å². The molecule has 0 bridgehead atoms. The maximum atomic E-state index is 12.2. The van der Waals surface area contributed by atoms with E-state index in [2.05, 4.69) is 15.5 Å². The van der Waals surface area contributed by atoms with Gasteiger partial charge in [-0.3, -0.25) is 24.5 Å². The number of amides is 4. The second kappa shape index (κ2) is 9.53. The third-order valence-corrected chi connectivity index (χ3v) is 6.00. The van der Waals surface area contributed by atoms with Crippen molar-refractivity contribution in [3.05, 3.63) is 33.7 Å². The highest BCUT2D eigenvalue weighted by molar-refractivity contribution is 8.18. The van der Waals surface area contributed by atoms with E-state index in [0.29, 0.717) is 23.0 Å². The highest BCUT2D eigenvalue weighted by atomic mass is 35.5. The van der Waals surface area contributed by atoms with Crippen LogP contribution in [-0.4, -0.2) is 61.1 Å². The average Bonchev–Trinajstić information content (AvgIpc) is 3.25. The van der Waals surface area contributed by atoms with Crippen LogP contribution in [-0.2, 0) is 14.4 Å². The molecule has 0 aliphatic carbocycles. The lowest BCUT2D eigenvalue weighted by atomic mass is 10.1. The summed E-state index contributed by atoms with van der Waals surface area (Å²) in [6.45, 7) is 1.24. The molecule has 0 spiro atoms. The summed E-state index contributed by atoms with van der Waals surface area (Å²) in [5, 5.41) is 5.35. The number of hydrogen-bond acceptors (Lipinski definition) is 6. The molecule has 8 nitrogen and oxygen atoms in total. The second-order valence-electron chi connectivity index (χ2n) is 7.32. The number of halogens is 1. The molecule has 2 N–H and O–H groups in total. The fourth-order valence-electron chi connectivity index (χ4n) is 3.37. The van der Waals surface area contributed by atoms with Gasteiger partial charge in [-0.2, -0.15) is 0 Å². The van der Waals surface area contributed by atoms with E-state index in [1.807, 2.05) is 6.07 Å². The van der Waals surface area contributed by atoms with Crippen molar-refractivity contribution >= 4 is 58.1 Å². The number of carbonyl (C=O) groups excluding carboxylic acids is 4. The van der Waals surface area contributed by atoms with Crippen LogP contribution in [0, 0.1) is 0 Å². The van der Waals surface area contributed by atoms with Crippen LogP contribution in [0.1, 0.15) is 24.8 Å². The zero-order valence-electron chi connectivity index (χ0n) is 16.7. The van der Waals surface area contributed by atoms with Gasteiger partial charge in [0.1, 0.15) is 0 Å². The molecule has 0 radical (unpaired) electrons. The lowest BCUT2D eigenvalue weighted by Gasteiger charge is -2.23. The Labute approximate surface area is 184 Å². The van der Waals surface area contributed by atoms with Crippen LogP contribution >= 0.6 is 23.4 Å². The maximum absolute atomic E-state index is 12.2. The Morgan fingerprint density at radius 1 is 1.33 bits per heavy atom. The van der Waals surface area contributed by atoms with Crippen molar-refractivity contribution in [3.8, 4) is 0 Å². The Kier molecular flexibility index (Phi) is 7.04. The summed E-state index contributed by atoms with van der Waals surface area (Å²) in [6.07, 6.45) is 2.72. The van der Waals surface area contributed by atoms with Gasteiger partial charge in [-0.25, -0.2) is 0 Å². The predicted molar refractivity (Wildman–Crippen MR) is 117 cm³/mol. The molecule has 1 aromatic carbocycles. The molecule has 2 aliphatic heterocycles. The van der Waals surface area contributed by atoms with E-state index in [1.165, 1.54) is 4.90 Å². The van der Waals surface area contributed by atoms with Gasteiger partial charge in [-0.05, 0) is 30.3 Å². The van der Waals surface area contributed by atoms with E-state index in [9.17, 15) is 19.2 Å². The summed E-state index contributed by atoms with van der Waals surface area (Å²) in [7, 11) is 3.32. The minimum atomic E-state index is -0.422. The number of benzene rings is 1. The number of para-hydroxylation sites is 1. The molecule has 2 aliphatic rings. The Morgan fingerprint density at radius 3 is 2.77 bits per heavy atom. The number of anilines is 1. The van der Waals surface area contributed by atoms with Crippen LogP contribution in [0.5, 0.6) is 0 Å². The molecule has 1 atom stereocenters. The Morgan fingerprint density at radius 2 is 2.10 bits per heavy atom. The summed E-state index contributed by atoms with van der Waals surface area (Å²) in [5.41, 5.74) is 1.50. The van der Waals surface area contributed by atoms with Gasteiger partial charge >= 0.3 is 0 Å². The SMILES string of the molecule is CN(C)C(=O)CCC(=O)N[C@H]1CCN(c2c(Cl)cccc2C=C2SC(=O)NC2=O)C1. The molecule has 2 saturated heterocycles. The number of carbonyl (C=O) groups is 4. The first-order valence-electron chi connectivity index (χ1n) is 9.52. The van der Waals surface area contributed by atoms with Crippen molar-refractivity contribution in [1.82, 2.24) is 15.5 Å². The molecule has 10 heteroatoms. The van der Waals surface area contributed by atoms with Crippen molar-refractivity contribution in [2.75, 3.05) is 32.1 Å². The number of rotatable bonds is 6. The predicted octanol–water partition coefficient (Wildman–Crippen LogP) is 2.23. The van der Waals surface area contributed by atoms with Gasteiger partial charge in [0.15, 0.2) is 0 Å².